The summed E-state index contributed by atoms with van der Waals surface area (Å²) in [5.41, 5.74) is 1.14. The van der Waals surface area contributed by atoms with Crippen LogP contribution in [0.4, 0.5) is 0 Å². The van der Waals surface area contributed by atoms with Crippen molar-refractivity contribution >= 4 is 24.2 Å². The monoisotopic (exact) mass is 261 g/mol. The molecule has 0 heterocycles. The zero-order valence-electron chi connectivity index (χ0n) is 9.54. The van der Waals surface area contributed by atoms with E-state index in [-0.39, 0.29) is 5.46 Å². The van der Waals surface area contributed by atoms with Gasteiger partial charge in [0.05, 0.1) is 0 Å². The summed E-state index contributed by atoms with van der Waals surface area (Å²) in [6.45, 7) is 0.336. The summed E-state index contributed by atoms with van der Waals surface area (Å²) in [4.78, 5) is 0. The highest BCUT2D eigenvalue weighted by atomic mass is 35.5. The molecule has 2 rings (SSSR count). The van der Waals surface area contributed by atoms with Crippen LogP contribution >= 0.6 is 11.6 Å². The van der Waals surface area contributed by atoms with Crippen molar-refractivity contribution < 1.29 is 14.8 Å². The molecule has 0 saturated carbocycles. The van der Waals surface area contributed by atoms with E-state index in [1.165, 1.54) is 6.07 Å². The van der Waals surface area contributed by atoms with E-state index >= 15 is 0 Å². The maximum Gasteiger partial charge on any atom is 0.217 e. The second-order valence-corrected chi connectivity index (χ2v) is 4.25. The highest BCUT2D eigenvalue weighted by molar-refractivity contribution is 6.58. The van der Waals surface area contributed by atoms with Crippen molar-refractivity contribution in [1.29, 1.82) is 0 Å². The van der Waals surface area contributed by atoms with Crippen molar-refractivity contribution in [3.63, 3.8) is 0 Å². The Bertz CT molecular complexity index is 517. The molecule has 0 fully saturated rings. The first-order valence-electron chi connectivity index (χ1n) is 5.47. The second kappa shape index (κ2) is 5.91. The number of benzene rings is 2. The summed E-state index contributed by atoms with van der Waals surface area (Å²) in [6.07, 6.45) is 0. The van der Waals surface area contributed by atoms with Gasteiger partial charge in [-0.25, -0.2) is 0 Å². The van der Waals surface area contributed by atoms with E-state index in [2.05, 4.69) is 0 Å². The number of halogens is 1. The zero-order valence-corrected chi connectivity index (χ0v) is 10.3. The van der Waals surface area contributed by atoms with Crippen molar-refractivity contribution in [2.24, 2.45) is 0 Å². The topological polar surface area (TPSA) is 52.5 Å². The largest absolute Gasteiger partial charge is 0.853 e. The molecule has 0 atom stereocenters. The van der Waals surface area contributed by atoms with Crippen LogP contribution in [0.1, 0.15) is 5.56 Å². The van der Waals surface area contributed by atoms with E-state index < -0.39 is 7.12 Å². The number of rotatable bonds is 4. The molecule has 0 saturated heterocycles. The molecule has 3 nitrogen and oxygen atoms in total. The van der Waals surface area contributed by atoms with E-state index in [0.717, 1.165) is 5.56 Å². The van der Waals surface area contributed by atoms with E-state index in [4.69, 9.17) is 21.4 Å². The van der Waals surface area contributed by atoms with E-state index in [0.29, 0.717) is 17.4 Å². The fourth-order valence-electron chi connectivity index (χ4n) is 1.58. The smallest absolute Gasteiger partial charge is 0.217 e. The van der Waals surface area contributed by atoms with Gasteiger partial charge in [-0.1, -0.05) is 41.9 Å². The summed E-state index contributed by atoms with van der Waals surface area (Å²) >= 11 is 5.77. The Kier molecular flexibility index (Phi) is 4.26. The molecule has 2 aromatic carbocycles. The molecule has 0 aliphatic rings. The van der Waals surface area contributed by atoms with Gasteiger partial charge in [0.1, 0.15) is 12.4 Å². The summed E-state index contributed by atoms with van der Waals surface area (Å²) in [7, 11) is -1.85. The lowest BCUT2D eigenvalue weighted by Crippen LogP contribution is -2.44. The Morgan fingerprint density at radius 2 is 1.89 bits per heavy atom. The third-order valence-corrected chi connectivity index (χ3v) is 2.71. The Morgan fingerprint density at radius 3 is 2.56 bits per heavy atom. The van der Waals surface area contributed by atoms with Gasteiger partial charge >= 0.3 is 0 Å². The molecule has 0 aliphatic carbocycles. The minimum atomic E-state index is -1.85. The summed E-state index contributed by atoms with van der Waals surface area (Å²) < 4.78 is 5.52. The average molecular weight is 261 g/mol. The minimum Gasteiger partial charge on any atom is -0.853 e. The summed E-state index contributed by atoms with van der Waals surface area (Å²) in [6, 6.07) is 14.2. The van der Waals surface area contributed by atoms with Crippen LogP contribution < -0.4 is 15.2 Å². The first-order valence-corrected chi connectivity index (χ1v) is 5.84. The molecule has 0 unspecified atom stereocenters. The quantitative estimate of drug-likeness (QED) is 0.834. The van der Waals surface area contributed by atoms with Crippen LogP contribution in [0.3, 0.4) is 0 Å². The van der Waals surface area contributed by atoms with Gasteiger partial charge in [-0.3, -0.25) is 0 Å². The Balaban J connectivity index is 2.14. The van der Waals surface area contributed by atoms with E-state index in [1.54, 1.807) is 12.1 Å². The van der Waals surface area contributed by atoms with Crippen LogP contribution in [0.5, 0.6) is 5.75 Å². The molecule has 0 amide bonds. The first kappa shape index (κ1) is 13.0. The summed E-state index contributed by atoms with van der Waals surface area (Å²) in [5, 5.41) is 20.7. The molecular formula is C13H11BClO3-. The van der Waals surface area contributed by atoms with Crippen LogP contribution in [-0.4, -0.2) is 12.1 Å². The lowest BCUT2D eigenvalue weighted by atomic mass is 9.79. The van der Waals surface area contributed by atoms with E-state index in [1.807, 2.05) is 30.3 Å². The zero-order chi connectivity index (χ0) is 13.0. The predicted octanol–water partition coefficient (Wildman–Crippen LogP) is 0.967. The van der Waals surface area contributed by atoms with Crippen molar-refractivity contribution in [1.82, 2.24) is 0 Å². The highest BCUT2D eigenvalue weighted by Gasteiger charge is 2.08. The normalized spacial score (nSPS) is 10.2. The van der Waals surface area contributed by atoms with Crippen molar-refractivity contribution in [2.45, 2.75) is 6.61 Å². The molecule has 92 valence electrons. The molecule has 5 heteroatoms. The average Bonchev–Trinajstić information content (AvgIpc) is 2.38. The molecule has 0 bridgehead atoms. The van der Waals surface area contributed by atoms with Crippen LogP contribution in [0.15, 0.2) is 48.5 Å². The lowest BCUT2D eigenvalue weighted by Gasteiger charge is -2.17. The molecule has 0 aliphatic heterocycles. The van der Waals surface area contributed by atoms with Gasteiger partial charge in [-0.15, -0.1) is 0 Å². The van der Waals surface area contributed by atoms with Crippen LogP contribution in [0.2, 0.25) is 5.02 Å². The second-order valence-electron chi connectivity index (χ2n) is 3.81. The lowest BCUT2D eigenvalue weighted by molar-refractivity contribution is -0.211. The SMILES string of the molecule is [O-]B(O)c1cc(Cl)ccc1OCc1ccccc1. The molecule has 18 heavy (non-hydrogen) atoms. The van der Waals surface area contributed by atoms with Crippen molar-refractivity contribution in [3.05, 3.63) is 59.1 Å². The molecule has 1 N–H and O–H groups in total. The van der Waals surface area contributed by atoms with Crippen molar-refractivity contribution in [2.75, 3.05) is 0 Å². The first-order chi connectivity index (χ1) is 8.66. The Hall–Kier alpha value is -1.49. The van der Waals surface area contributed by atoms with E-state index in [9.17, 15) is 5.02 Å². The summed E-state index contributed by atoms with van der Waals surface area (Å²) in [5.74, 6) is 0.353. The van der Waals surface area contributed by atoms with Crippen LogP contribution in [-0.2, 0) is 6.61 Å². The van der Waals surface area contributed by atoms with Gasteiger partial charge in [0.15, 0.2) is 0 Å². The van der Waals surface area contributed by atoms with Gasteiger partial charge in [-0.05, 0) is 29.2 Å². The van der Waals surface area contributed by atoms with Gasteiger partial charge in [0, 0.05) is 5.02 Å². The molecule has 0 aromatic heterocycles. The van der Waals surface area contributed by atoms with Gasteiger partial charge in [0.25, 0.3) is 0 Å². The fraction of sp³-hybridized carbons (Fsp3) is 0.0769. The third kappa shape index (κ3) is 3.26. The van der Waals surface area contributed by atoms with Crippen LogP contribution in [0.25, 0.3) is 0 Å². The number of ether oxygens (including phenoxy) is 1. The molecule has 0 spiro atoms. The molecule has 0 radical (unpaired) electrons. The van der Waals surface area contributed by atoms with Gasteiger partial charge in [-0.2, -0.15) is 0 Å². The molecular weight excluding hydrogens is 250 g/mol. The Labute approximate surface area is 111 Å². The Morgan fingerprint density at radius 1 is 1.17 bits per heavy atom. The van der Waals surface area contributed by atoms with Gasteiger partial charge < -0.3 is 14.8 Å². The standard InChI is InChI=1S/C13H11BClO3/c15-11-6-7-13(12(8-11)14(16)17)18-9-10-4-2-1-3-5-10/h1-8,16H,9H2/q-1. The minimum absolute atomic E-state index is 0.151. The van der Waals surface area contributed by atoms with Crippen LogP contribution in [0, 0.1) is 0 Å². The molecule has 2 aromatic rings. The fourth-order valence-corrected chi connectivity index (χ4v) is 1.76. The highest BCUT2D eigenvalue weighted by Crippen LogP contribution is 2.15. The van der Waals surface area contributed by atoms with Crippen molar-refractivity contribution in [3.8, 4) is 5.75 Å². The number of hydrogen-bond acceptors (Lipinski definition) is 3. The number of hydrogen-bond donors (Lipinski definition) is 1. The maximum atomic E-state index is 11.1. The predicted molar refractivity (Wildman–Crippen MR) is 69.8 cm³/mol. The van der Waals surface area contributed by atoms with Gasteiger partial charge in [0.2, 0.25) is 7.12 Å². The third-order valence-electron chi connectivity index (χ3n) is 2.48. The maximum absolute atomic E-state index is 11.1.